The van der Waals surface area contributed by atoms with Gasteiger partial charge >= 0.3 is 5.97 Å². The molecule has 0 saturated heterocycles. The molecule has 5 nitrogen and oxygen atoms in total. The topological polar surface area (TPSA) is 75.3 Å². The van der Waals surface area contributed by atoms with Gasteiger partial charge in [0.1, 0.15) is 5.56 Å². The first-order valence-electron chi connectivity index (χ1n) is 7.61. The van der Waals surface area contributed by atoms with Crippen LogP contribution >= 0.6 is 0 Å². The van der Waals surface area contributed by atoms with Gasteiger partial charge in [-0.2, -0.15) is 5.10 Å². The van der Waals surface area contributed by atoms with Gasteiger partial charge in [-0.25, -0.2) is 4.79 Å². The smallest absolute Gasteiger partial charge is 0.339 e. The van der Waals surface area contributed by atoms with Crippen molar-refractivity contribution in [3.8, 4) is 0 Å². The van der Waals surface area contributed by atoms with Crippen molar-refractivity contribution < 1.29 is 15.0 Å². The van der Waals surface area contributed by atoms with E-state index in [4.69, 9.17) is 0 Å². The molecule has 1 heterocycles. The molecule has 0 aromatic carbocycles. The van der Waals surface area contributed by atoms with Gasteiger partial charge in [-0.1, -0.05) is 33.1 Å². The lowest BCUT2D eigenvalue weighted by Crippen LogP contribution is -2.25. The molecule has 2 rings (SSSR count). The van der Waals surface area contributed by atoms with Crippen molar-refractivity contribution >= 4 is 5.97 Å². The Morgan fingerprint density at radius 1 is 1.25 bits per heavy atom. The number of hydrogen-bond acceptors (Lipinski definition) is 3. The van der Waals surface area contributed by atoms with Gasteiger partial charge in [-0.15, -0.1) is 0 Å². The molecular weight excluding hydrogens is 256 g/mol. The minimum Gasteiger partial charge on any atom is -0.478 e. The lowest BCUT2D eigenvalue weighted by molar-refractivity contribution is 0.0692. The van der Waals surface area contributed by atoms with Gasteiger partial charge < -0.3 is 10.2 Å². The second-order valence-electron chi connectivity index (χ2n) is 5.50. The Morgan fingerprint density at radius 3 is 2.55 bits per heavy atom. The third kappa shape index (κ3) is 2.73. The minimum atomic E-state index is -0.909. The molecule has 1 aliphatic carbocycles. The summed E-state index contributed by atoms with van der Waals surface area (Å²) in [6.07, 6.45) is 5.68. The SMILES string of the molecule is CCc1nn(C2CCCCCC2O)c(CC)c1C(=O)O. The van der Waals surface area contributed by atoms with Gasteiger partial charge in [0.15, 0.2) is 0 Å². The van der Waals surface area contributed by atoms with Gasteiger partial charge in [0, 0.05) is 0 Å². The fraction of sp³-hybridized carbons (Fsp3) is 0.733. The molecule has 1 saturated carbocycles. The summed E-state index contributed by atoms with van der Waals surface area (Å²) in [6, 6.07) is -0.0779. The van der Waals surface area contributed by atoms with Crippen molar-refractivity contribution in [2.24, 2.45) is 0 Å². The van der Waals surface area contributed by atoms with Crippen molar-refractivity contribution in [2.75, 3.05) is 0 Å². The number of aliphatic hydroxyl groups is 1. The van der Waals surface area contributed by atoms with Crippen molar-refractivity contribution in [1.29, 1.82) is 0 Å². The summed E-state index contributed by atoms with van der Waals surface area (Å²) in [5, 5.41) is 24.3. The van der Waals surface area contributed by atoms with Crippen LogP contribution in [0.2, 0.25) is 0 Å². The van der Waals surface area contributed by atoms with Crippen LogP contribution in [0, 0.1) is 0 Å². The Morgan fingerprint density at radius 2 is 1.95 bits per heavy atom. The molecular formula is C15H24N2O3. The molecule has 0 bridgehead atoms. The fourth-order valence-corrected chi connectivity index (χ4v) is 3.18. The average molecular weight is 280 g/mol. The van der Waals surface area contributed by atoms with Gasteiger partial charge in [-0.05, 0) is 25.7 Å². The number of aromatic nitrogens is 2. The molecule has 0 radical (unpaired) electrons. The van der Waals surface area contributed by atoms with E-state index in [0.717, 1.165) is 37.8 Å². The second-order valence-corrected chi connectivity index (χ2v) is 5.50. The first-order valence-corrected chi connectivity index (χ1v) is 7.61. The Labute approximate surface area is 119 Å². The highest BCUT2D eigenvalue weighted by atomic mass is 16.4. The summed E-state index contributed by atoms with van der Waals surface area (Å²) in [6.45, 7) is 3.87. The standard InChI is InChI=1S/C15H24N2O3/c1-3-10-14(15(19)20)11(4-2)17(16-10)12-8-6-5-7-9-13(12)18/h12-13,18H,3-9H2,1-2H3,(H,19,20). The zero-order valence-electron chi connectivity index (χ0n) is 12.3. The van der Waals surface area contributed by atoms with E-state index in [2.05, 4.69) is 5.10 Å². The highest BCUT2D eigenvalue weighted by Crippen LogP contribution is 2.30. The number of aryl methyl sites for hydroxylation is 1. The normalized spacial score (nSPS) is 23.6. The number of hydrogen-bond donors (Lipinski definition) is 2. The molecule has 1 aliphatic rings. The van der Waals surface area contributed by atoms with E-state index in [1.807, 2.05) is 13.8 Å². The predicted octanol–water partition coefficient (Wildman–Crippen LogP) is 2.57. The quantitative estimate of drug-likeness (QED) is 0.831. The van der Waals surface area contributed by atoms with E-state index in [0.29, 0.717) is 24.1 Å². The molecule has 112 valence electrons. The van der Waals surface area contributed by atoms with Crippen LogP contribution in [-0.4, -0.2) is 32.1 Å². The number of carboxylic acid groups (broad SMARTS) is 1. The number of carboxylic acids is 1. The summed E-state index contributed by atoms with van der Waals surface area (Å²) >= 11 is 0. The Kier molecular flexibility index (Phi) is 4.81. The van der Waals surface area contributed by atoms with Crippen LogP contribution in [0.3, 0.4) is 0 Å². The van der Waals surface area contributed by atoms with Crippen LogP contribution in [0.25, 0.3) is 0 Å². The van der Waals surface area contributed by atoms with Gasteiger partial charge in [0.05, 0.1) is 23.5 Å². The van der Waals surface area contributed by atoms with Crippen LogP contribution in [0.15, 0.2) is 0 Å². The maximum Gasteiger partial charge on any atom is 0.339 e. The van der Waals surface area contributed by atoms with E-state index in [1.165, 1.54) is 0 Å². The summed E-state index contributed by atoms with van der Waals surface area (Å²) < 4.78 is 1.80. The third-order valence-electron chi connectivity index (χ3n) is 4.22. The first-order chi connectivity index (χ1) is 9.60. The Bertz CT molecular complexity index is 482. The van der Waals surface area contributed by atoms with Crippen LogP contribution in [0.4, 0.5) is 0 Å². The molecule has 5 heteroatoms. The molecule has 0 aliphatic heterocycles. The highest BCUT2D eigenvalue weighted by molar-refractivity contribution is 5.90. The predicted molar refractivity (Wildman–Crippen MR) is 76.1 cm³/mol. The molecule has 2 atom stereocenters. The molecule has 2 unspecified atom stereocenters. The third-order valence-corrected chi connectivity index (χ3v) is 4.22. The first kappa shape index (κ1) is 15.0. The number of aliphatic hydroxyl groups excluding tert-OH is 1. The largest absolute Gasteiger partial charge is 0.478 e. The summed E-state index contributed by atoms with van der Waals surface area (Å²) in [5.41, 5.74) is 1.72. The van der Waals surface area contributed by atoms with Gasteiger partial charge in [0.2, 0.25) is 0 Å². The van der Waals surface area contributed by atoms with Crippen LogP contribution in [0.5, 0.6) is 0 Å². The molecule has 0 spiro atoms. The molecule has 1 aromatic heterocycles. The zero-order valence-corrected chi connectivity index (χ0v) is 12.3. The van der Waals surface area contributed by atoms with E-state index in [9.17, 15) is 15.0 Å². The van der Waals surface area contributed by atoms with Crippen molar-refractivity contribution in [2.45, 2.75) is 70.9 Å². The van der Waals surface area contributed by atoms with Gasteiger partial charge in [-0.3, -0.25) is 4.68 Å². The van der Waals surface area contributed by atoms with Crippen molar-refractivity contribution in [3.05, 3.63) is 17.0 Å². The summed E-state index contributed by atoms with van der Waals surface area (Å²) in [7, 11) is 0. The lowest BCUT2D eigenvalue weighted by atomic mass is 10.0. The Hall–Kier alpha value is -1.36. The van der Waals surface area contributed by atoms with Crippen LogP contribution < -0.4 is 0 Å². The fourth-order valence-electron chi connectivity index (χ4n) is 3.18. The maximum absolute atomic E-state index is 11.5. The van der Waals surface area contributed by atoms with E-state index < -0.39 is 12.1 Å². The molecule has 1 aromatic rings. The van der Waals surface area contributed by atoms with E-state index in [1.54, 1.807) is 4.68 Å². The number of nitrogens with zero attached hydrogens (tertiary/aromatic N) is 2. The summed E-state index contributed by atoms with van der Waals surface area (Å²) in [4.78, 5) is 11.5. The van der Waals surface area contributed by atoms with Gasteiger partial charge in [0.25, 0.3) is 0 Å². The van der Waals surface area contributed by atoms with Crippen LogP contribution in [0.1, 0.15) is 73.7 Å². The second kappa shape index (κ2) is 6.39. The van der Waals surface area contributed by atoms with E-state index in [-0.39, 0.29) is 6.04 Å². The van der Waals surface area contributed by atoms with E-state index >= 15 is 0 Å². The summed E-state index contributed by atoms with van der Waals surface area (Å²) in [5.74, 6) is -0.909. The van der Waals surface area contributed by atoms with Crippen LogP contribution in [-0.2, 0) is 12.8 Å². The molecule has 1 fully saturated rings. The molecule has 2 N–H and O–H groups in total. The lowest BCUT2D eigenvalue weighted by Gasteiger charge is -2.23. The molecule has 20 heavy (non-hydrogen) atoms. The average Bonchev–Trinajstić information content (AvgIpc) is 2.67. The maximum atomic E-state index is 11.5. The minimum absolute atomic E-state index is 0.0779. The zero-order chi connectivity index (χ0) is 14.7. The Balaban J connectivity index is 2.47. The van der Waals surface area contributed by atoms with Crippen molar-refractivity contribution in [1.82, 2.24) is 9.78 Å². The molecule has 0 amide bonds. The highest BCUT2D eigenvalue weighted by Gasteiger charge is 2.29. The van der Waals surface area contributed by atoms with Crippen molar-refractivity contribution in [3.63, 3.8) is 0 Å². The monoisotopic (exact) mass is 280 g/mol. The number of carbonyl (C=O) groups is 1. The number of aromatic carboxylic acids is 1. The number of rotatable bonds is 4.